The highest BCUT2D eigenvalue weighted by molar-refractivity contribution is 7.99. The Balaban J connectivity index is 1.95. The first-order valence-corrected chi connectivity index (χ1v) is 14.9. The molecule has 0 fully saturated rings. The topological polar surface area (TPSA) is 0 Å². The first-order chi connectivity index (χ1) is 11.5. The third kappa shape index (κ3) is 10.6. The van der Waals surface area contributed by atoms with E-state index in [9.17, 15) is 0 Å². The molecule has 0 aliphatic carbocycles. The zero-order chi connectivity index (χ0) is 17.7. The number of hydrogen-bond acceptors (Lipinski definition) is 1. The van der Waals surface area contributed by atoms with Gasteiger partial charge in [-0.2, -0.15) is 11.8 Å². The van der Waals surface area contributed by atoms with Crippen LogP contribution in [-0.4, -0.2) is 19.6 Å². The second-order valence-corrected chi connectivity index (χ2v) is 14.4. The molecule has 2 heteroatoms. The minimum absolute atomic E-state index is 1.13. The van der Waals surface area contributed by atoms with E-state index in [-0.39, 0.29) is 0 Å². The van der Waals surface area contributed by atoms with Crippen molar-refractivity contribution in [3.8, 4) is 0 Å². The van der Waals surface area contributed by atoms with Crippen molar-refractivity contribution in [1.29, 1.82) is 0 Å². The van der Waals surface area contributed by atoms with Gasteiger partial charge in [0.2, 0.25) is 0 Å². The summed E-state index contributed by atoms with van der Waals surface area (Å²) in [6.45, 7) is 9.54. The molecule has 0 N–H and O–H groups in total. The highest BCUT2D eigenvalue weighted by atomic mass is 32.2. The Kier molecular flexibility index (Phi) is 11.9. The van der Waals surface area contributed by atoms with Crippen molar-refractivity contribution in [1.82, 2.24) is 0 Å². The Labute approximate surface area is 157 Å². The molecule has 0 spiro atoms. The standard InChI is InChI=1S/C22H40SSi/c1-5-19-23-20-13-11-9-7-6-8-10-12-14-21-15-17-22(18-16-21)24(2,3)4/h15-18H,5-14,19-20H2,1-4H3. The lowest BCUT2D eigenvalue weighted by atomic mass is 10.0. The van der Waals surface area contributed by atoms with E-state index in [1.807, 2.05) is 0 Å². The van der Waals surface area contributed by atoms with Crippen molar-refractivity contribution in [2.45, 2.75) is 90.8 Å². The summed E-state index contributed by atoms with van der Waals surface area (Å²) in [7, 11) is -1.13. The molecule has 0 aliphatic rings. The van der Waals surface area contributed by atoms with E-state index >= 15 is 0 Å². The van der Waals surface area contributed by atoms with Gasteiger partial charge in [0.25, 0.3) is 0 Å². The number of hydrogen-bond donors (Lipinski definition) is 0. The number of thioether (sulfide) groups is 1. The third-order valence-electron chi connectivity index (χ3n) is 4.67. The van der Waals surface area contributed by atoms with Crippen LogP contribution in [0.1, 0.15) is 70.3 Å². The SMILES string of the molecule is CCCSCCCCCCCCCCc1ccc([Si](C)(C)C)cc1. The molecule has 0 aliphatic heterocycles. The fourth-order valence-electron chi connectivity index (χ4n) is 3.01. The molecule has 0 aromatic heterocycles. The normalized spacial score (nSPS) is 11.8. The van der Waals surface area contributed by atoms with Crippen LogP contribution in [0.4, 0.5) is 0 Å². The molecule has 24 heavy (non-hydrogen) atoms. The van der Waals surface area contributed by atoms with E-state index in [0.29, 0.717) is 0 Å². The van der Waals surface area contributed by atoms with Gasteiger partial charge in [-0.25, -0.2) is 0 Å². The summed E-state index contributed by atoms with van der Waals surface area (Å²) >= 11 is 2.13. The summed E-state index contributed by atoms with van der Waals surface area (Å²) in [6, 6.07) is 9.48. The van der Waals surface area contributed by atoms with Crippen LogP contribution >= 0.6 is 11.8 Å². The Hall–Kier alpha value is -0.213. The van der Waals surface area contributed by atoms with Crippen LogP contribution in [0.5, 0.6) is 0 Å². The molecule has 0 bridgehead atoms. The second-order valence-electron chi connectivity index (χ2n) is 8.14. The molecule has 0 heterocycles. The Morgan fingerprint density at radius 3 is 1.79 bits per heavy atom. The maximum absolute atomic E-state index is 2.42. The second kappa shape index (κ2) is 13.1. The van der Waals surface area contributed by atoms with Crippen LogP contribution in [0.2, 0.25) is 19.6 Å². The van der Waals surface area contributed by atoms with Crippen molar-refractivity contribution < 1.29 is 0 Å². The summed E-state index contributed by atoms with van der Waals surface area (Å²) in [5.41, 5.74) is 1.53. The highest BCUT2D eigenvalue weighted by Crippen LogP contribution is 2.13. The predicted molar refractivity (Wildman–Crippen MR) is 118 cm³/mol. The van der Waals surface area contributed by atoms with E-state index in [2.05, 4.69) is 62.6 Å². The highest BCUT2D eigenvalue weighted by Gasteiger charge is 2.15. The smallest absolute Gasteiger partial charge is 0.0775 e. The van der Waals surface area contributed by atoms with Gasteiger partial charge >= 0.3 is 0 Å². The van der Waals surface area contributed by atoms with Gasteiger partial charge in [-0.3, -0.25) is 0 Å². The molecule has 0 saturated heterocycles. The predicted octanol–water partition coefficient (Wildman–Crippen LogP) is 7.04. The van der Waals surface area contributed by atoms with Gasteiger partial charge in [0.05, 0.1) is 8.07 Å². The average Bonchev–Trinajstić information content (AvgIpc) is 2.55. The van der Waals surface area contributed by atoms with Crippen LogP contribution in [0, 0.1) is 0 Å². The van der Waals surface area contributed by atoms with Crippen molar-refractivity contribution in [2.75, 3.05) is 11.5 Å². The Morgan fingerprint density at radius 1 is 0.708 bits per heavy atom. The lowest BCUT2D eigenvalue weighted by molar-refractivity contribution is 0.576. The molecule has 0 unspecified atom stereocenters. The summed E-state index contributed by atoms with van der Waals surface area (Å²) in [6.07, 6.45) is 14.0. The van der Waals surface area contributed by atoms with Gasteiger partial charge in [-0.05, 0) is 42.8 Å². The number of aryl methyl sites for hydroxylation is 1. The summed E-state index contributed by atoms with van der Waals surface area (Å²) in [4.78, 5) is 0. The first-order valence-electron chi connectivity index (χ1n) is 10.2. The maximum Gasteiger partial charge on any atom is 0.0775 e. The van der Waals surface area contributed by atoms with Crippen LogP contribution in [0.25, 0.3) is 0 Å². The molecule has 1 rings (SSSR count). The van der Waals surface area contributed by atoms with Gasteiger partial charge < -0.3 is 0 Å². The lowest BCUT2D eigenvalue weighted by Gasteiger charge is -2.16. The molecule has 0 saturated carbocycles. The number of rotatable bonds is 14. The van der Waals surface area contributed by atoms with Crippen molar-refractivity contribution >= 4 is 25.0 Å². The molecule has 0 nitrogen and oxygen atoms in total. The monoisotopic (exact) mass is 364 g/mol. The van der Waals surface area contributed by atoms with E-state index in [1.54, 1.807) is 5.19 Å². The molecular weight excluding hydrogens is 324 g/mol. The molecule has 0 amide bonds. The van der Waals surface area contributed by atoms with Crippen molar-refractivity contribution in [3.63, 3.8) is 0 Å². The van der Waals surface area contributed by atoms with Gasteiger partial charge in [0.1, 0.15) is 0 Å². The summed E-state index contributed by atoms with van der Waals surface area (Å²) in [5, 5.41) is 1.58. The zero-order valence-electron chi connectivity index (χ0n) is 16.7. The fourth-order valence-corrected chi connectivity index (χ4v) is 5.08. The third-order valence-corrected chi connectivity index (χ3v) is 8.01. The molecule has 0 radical (unpaired) electrons. The van der Waals surface area contributed by atoms with Gasteiger partial charge in [0.15, 0.2) is 0 Å². The maximum atomic E-state index is 2.42. The van der Waals surface area contributed by atoms with Crippen molar-refractivity contribution in [3.05, 3.63) is 29.8 Å². The number of unbranched alkanes of at least 4 members (excludes halogenated alkanes) is 7. The van der Waals surface area contributed by atoms with Gasteiger partial charge in [0, 0.05) is 0 Å². The number of benzene rings is 1. The fraction of sp³-hybridized carbons (Fsp3) is 0.727. The van der Waals surface area contributed by atoms with Gasteiger partial charge in [-0.1, -0.05) is 94.5 Å². The Bertz CT molecular complexity index is 405. The molecule has 1 aromatic carbocycles. The molecule has 1 aromatic rings. The van der Waals surface area contributed by atoms with E-state index in [1.165, 1.54) is 81.3 Å². The minimum atomic E-state index is -1.13. The largest absolute Gasteiger partial charge is 0.162 e. The Morgan fingerprint density at radius 2 is 1.25 bits per heavy atom. The molecule has 0 atom stereocenters. The average molecular weight is 365 g/mol. The summed E-state index contributed by atoms with van der Waals surface area (Å²) < 4.78 is 0. The minimum Gasteiger partial charge on any atom is -0.162 e. The first kappa shape index (κ1) is 21.8. The quantitative estimate of drug-likeness (QED) is 0.252. The van der Waals surface area contributed by atoms with E-state index in [4.69, 9.17) is 0 Å². The van der Waals surface area contributed by atoms with Crippen LogP contribution in [0.3, 0.4) is 0 Å². The van der Waals surface area contributed by atoms with Gasteiger partial charge in [-0.15, -0.1) is 0 Å². The van der Waals surface area contributed by atoms with Crippen LogP contribution in [-0.2, 0) is 6.42 Å². The molecule has 138 valence electrons. The van der Waals surface area contributed by atoms with E-state index in [0.717, 1.165) is 0 Å². The lowest BCUT2D eigenvalue weighted by Crippen LogP contribution is -2.37. The van der Waals surface area contributed by atoms with E-state index < -0.39 is 8.07 Å². The molecular formula is C22H40SSi. The summed E-state index contributed by atoms with van der Waals surface area (Å²) in [5.74, 6) is 2.73. The van der Waals surface area contributed by atoms with Crippen molar-refractivity contribution in [2.24, 2.45) is 0 Å². The zero-order valence-corrected chi connectivity index (χ0v) is 18.5. The van der Waals surface area contributed by atoms with Crippen LogP contribution < -0.4 is 5.19 Å². The van der Waals surface area contributed by atoms with Crippen LogP contribution in [0.15, 0.2) is 24.3 Å².